The molecule has 1 heterocycles. The van der Waals surface area contributed by atoms with Gasteiger partial charge in [0.15, 0.2) is 0 Å². The number of carbonyl (C=O) groups is 2. The highest BCUT2D eigenvalue weighted by atomic mass is 32.2. The van der Waals surface area contributed by atoms with Gasteiger partial charge in [0.2, 0.25) is 10.0 Å². The maximum Gasteiger partial charge on any atom is 0.322 e. The summed E-state index contributed by atoms with van der Waals surface area (Å²) in [4.78, 5) is 24.0. The summed E-state index contributed by atoms with van der Waals surface area (Å²) in [5.41, 5.74) is 1.34. The Bertz CT molecular complexity index is 942. The molecule has 8 heteroatoms. The van der Waals surface area contributed by atoms with Gasteiger partial charge in [-0.1, -0.05) is 35.9 Å². The van der Waals surface area contributed by atoms with Crippen LogP contribution in [0, 0.1) is 6.92 Å². The second kappa shape index (κ2) is 7.50. The van der Waals surface area contributed by atoms with Gasteiger partial charge in [-0.25, -0.2) is 8.42 Å². The Hall–Kier alpha value is -2.71. The molecular formula is C19H20N2O5S. The second-order valence-electron chi connectivity index (χ2n) is 6.51. The van der Waals surface area contributed by atoms with Crippen LogP contribution in [0.5, 0.6) is 0 Å². The molecule has 27 heavy (non-hydrogen) atoms. The third-order valence-electron chi connectivity index (χ3n) is 4.54. The highest BCUT2D eigenvalue weighted by molar-refractivity contribution is 7.89. The SMILES string of the molecule is Cc1ccc(S(=O)(=O)N2C[C@@H](NC(=O)c3ccccc3)C[C@H]2C(=O)O)cc1. The number of aryl methyl sites for hydroxylation is 1. The van der Waals surface area contributed by atoms with Crippen LogP contribution < -0.4 is 5.32 Å². The quantitative estimate of drug-likeness (QED) is 0.810. The first-order valence-electron chi connectivity index (χ1n) is 8.46. The van der Waals surface area contributed by atoms with Crippen LogP contribution in [-0.4, -0.2) is 48.3 Å². The van der Waals surface area contributed by atoms with E-state index in [0.717, 1.165) is 9.87 Å². The van der Waals surface area contributed by atoms with E-state index in [2.05, 4.69) is 5.32 Å². The molecule has 0 spiro atoms. The number of aliphatic carboxylic acids is 1. The number of carboxylic acids is 1. The number of carbonyl (C=O) groups excluding carboxylic acids is 1. The lowest BCUT2D eigenvalue weighted by Gasteiger charge is -2.21. The van der Waals surface area contributed by atoms with E-state index in [0.29, 0.717) is 5.56 Å². The molecule has 2 aromatic carbocycles. The molecule has 3 rings (SSSR count). The number of benzene rings is 2. The van der Waals surface area contributed by atoms with Crippen LogP contribution in [0.2, 0.25) is 0 Å². The third kappa shape index (κ3) is 4.01. The van der Waals surface area contributed by atoms with Crippen molar-refractivity contribution < 1.29 is 23.1 Å². The zero-order chi connectivity index (χ0) is 19.6. The predicted octanol–water partition coefficient (Wildman–Crippen LogP) is 1.64. The highest BCUT2D eigenvalue weighted by Gasteiger charge is 2.44. The molecule has 2 N–H and O–H groups in total. The summed E-state index contributed by atoms with van der Waals surface area (Å²) in [6.07, 6.45) is 0.0129. The van der Waals surface area contributed by atoms with Crippen molar-refractivity contribution in [3.8, 4) is 0 Å². The maximum atomic E-state index is 12.9. The van der Waals surface area contributed by atoms with Gasteiger partial charge < -0.3 is 10.4 Å². The molecule has 1 fully saturated rings. The number of nitrogens with zero attached hydrogens (tertiary/aromatic N) is 1. The van der Waals surface area contributed by atoms with Gasteiger partial charge in [0.05, 0.1) is 4.90 Å². The largest absolute Gasteiger partial charge is 0.480 e. The summed E-state index contributed by atoms with van der Waals surface area (Å²) in [7, 11) is -3.98. The molecule has 0 unspecified atom stereocenters. The van der Waals surface area contributed by atoms with Crippen molar-refractivity contribution in [1.29, 1.82) is 0 Å². The molecule has 7 nitrogen and oxygen atoms in total. The molecule has 1 amide bonds. The summed E-state index contributed by atoms with van der Waals surface area (Å²) in [5, 5.41) is 12.2. The third-order valence-corrected chi connectivity index (χ3v) is 6.43. The minimum atomic E-state index is -3.98. The molecule has 1 aliphatic rings. The molecule has 1 aliphatic heterocycles. The van der Waals surface area contributed by atoms with Crippen molar-refractivity contribution in [3.05, 3.63) is 65.7 Å². The lowest BCUT2D eigenvalue weighted by Crippen LogP contribution is -2.41. The summed E-state index contributed by atoms with van der Waals surface area (Å²) in [5.74, 6) is -1.60. The lowest BCUT2D eigenvalue weighted by molar-refractivity contribution is -0.140. The van der Waals surface area contributed by atoms with Crippen molar-refractivity contribution in [2.24, 2.45) is 0 Å². The minimum absolute atomic E-state index is 0.0129. The first-order valence-corrected chi connectivity index (χ1v) is 9.90. The van der Waals surface area contributed by atoms with Crippen molar-refractivity contribution in [2.75, 3.05) is 6.54 Å². The molecule has 0 saturated carbocycles. The van der Waals surface area contributed by atoms with Gasteiger partial charge in [-0.15, -0.1) is 0 Å². The van der Waals surface area contributed by atoms with Gasteiger partial charge in [-0.3, -0.25) is 9.59 Å². The highest BCUT2D eigenvalue weighted by Crippen LogP contribution is 2.27. The van der Waals surface area contributed by atoms with Crippen LogP contribution in [-0.2, 0) is 14.8 Å². The maximum absolute atomic E-state index is 12.9. The Labute approximate surface area is 157 Å². The summed E-state index contributed by atoms with van der Waals surface area (Å²) >= 11 is 0. The summed E-state index contributed by atoms with van der Waals surface area (Å²) < 4.78 is 26.8. The molecule has 0 aliphatic carbocycles. The monoisotopic (exact) mass is 388 g/mol. The van der Waals surface area contributed by atoms with E-state index >= 15 is 0 Å². The number of nitrogens with one attached hydrogen (secondary N) is 1. The molecule has 142 valence electrons. The Balaban J connectivity index is 1.82. The van der Waals surface area contributed by atoms with Crippen LogP contribution in [0.15, 0.2) is 59.5 Å². The van der Waals surface area contributed by atoms with E-state index < -0.39 is 28.1 Å². The lowest BCUT2D eigenvalue weighted by atomic mass is 10.1. The molecule has 0 bridgehead atoms. The molecule has 0 aromatic heterocycles. The minimum Gasteiger partial charge on any atom is -0.480 e. The van der Waals surface area contributed by atoms with Gasteiger partial charge in [-0.05, 0) is 37.6 Å². The number of amides is 1. The van der Waals surface area contributed by atoms with Crippen molar-refractivity contribution >= 4 is 21.9 Å². The fraction of sp³-hybridized carbons (Fsp3) is 0.263. The Kier molecular flexibility index (Phi) is 5.29. The number of hydrogen-bond acceptors (Lipinski definition) is 4. The zero-order valence-electron chi connectivity index (χ0n) is 14.7. The van der Waals surface area contributed by atoms with Gasteiger partial charge >= 0.3 is 5.97 Å². The van der Waals surface area contributed by atoms with Gasteiger partial charge in [0, 0.05) is 18.2 Å². The van der Waals surface area contributed by atoms with Crippen LogP contribution in [0.25, 0.3) is 0 Å². The van der Waals surface area contributed by atoms with Crippen LogP contribution in [0.3, 0.4) is 0 Å². The smallest absolute Gasteiger partial charge is 0.322 e. The average molecular weight is 388 g/mol. The number of rotatable bonds is 5. The van der Waals surface area contributed by atoms with Crippen molar-refractivity contribution in [2.45, 2.75) is 30.3 Å². The van der Waals surface area contributed by atoms with Gasteiger partial charge in [-0.2, -0.15) is 4.31 Å². The fourth-order valence-corrected chi connectivity index (χ4v) is 4.74. The molecule has 2 aromatic rings. The summed E-state index contributed by atoms with van der Waals surface area (Å²) in [6.45, 7) is 1.74. The summed E-state index contributed by atoms with van der Waals surface area (Å²) in [6, 6.07) is 12.9. The second-order valence-corrected chi connectivity index (χ2v) is 8.40. The Morgan fingerprint density at radius 2 is 1.70 bits per heavy atom. The first kappa shape index (κ1) is 19.1. The predicted molar refractivity (Wildman–Crippen MR) is 98.8 cm³/mol. The molecule has 2 atom stereocenters. The number of sulfonamides is 1. The number of carboxylic acid groups (broad SMARTS) is 1. The van der Waals surface area contributed by atoms with E-state index in [4.69, 9.17) is 0 Å². The Morgan fingerprint density at radius 1 is 1.07 bits per heavy atom. The molecular weight excluding hydrogens is 368 g/mol. The molecule has 0 radical (unpaired) electrons. The Morgan fingerprint density at radius 3 is 2.30 bits per heavy atom. The topological polar surface area (TPSA) is 104 Å². The van der Waals surface area contributed by atoms with Crippen molar-refractivity contribution in [3.63, 3.8) is 0 Å². The van der Waals surface area contributed by atoms with Gasteiger partial charge in [0.1, 0.15) is 6.04 Å². The molecule has 1 saturated heterocycles. The van der Waals surface area contributed by atoms with E-state index in [9.17, 15) is 23.1 Å². The van der Waals surface area contributed by atoms with Crippen LogP contribution >= 0.6 is 0 Å². The average Bonchev–Trinajstić information content (AvgIpc) is 3.08. The van der Waals surface area contributed by atoms with Crippen LogP contribution in [0.1, 0.15) is 22.3 Å². The van der Waals surface area contributed by atoms with E-state index in [1.807, 2.05) is 6.92 Å². The van der Waals surface area contributed by atoms with E-state index in [1.54, 1.807) is 42.5 Å². The van der Waals surface area contributed by atoms with Crippen molar-refractivity contribution in [1.82, 2.24) is 9.62 Å². The normalized spacial score (nSPS) is 20.3. The fourth-order valence-electron chi connectivity index (χ4n) is 3.10. The van der Waals surface area contributed by atoms with E-state index in [-0.39, 0.29) is 23.8 Å². The van der Waals surface area contributed by atoms with Gasteiger partial charge in [0.25, 0.3) is 5.91 Å². The standard InChI is InChI=1S/C19H20N2O5S/c1-13-7-9-16(10-8-13)27(25,26)21-12-15(11-17(21)19(23)24)20-18(22)14-5-3-2-4-6-14/h2-10,15,17H,11-12H2,1H3,(H,20,22)(H,23,24)/t15-,17-/m0/s1. The van der Waals surface area contributed by atoms with Crippen LogP contribution in [0.4, 0.5) is 0 Å². The zero-order valence-corrected chi connectivity index (χ0v) is 15.5. The first-order chi connectivity index (χ1) is 12.8. The number of hydrogen-bond donors (Lipinski definition) is 2. The van der Waals surface area contributed by atoms with E-state index in [1.165, 1.54) is 12.1 Å².